The van der Waals surface area contributed by atoms with Gasteiger partial charge < -0.3 is 5.32 Å². The van der Waals surface area contributed by atoms with Gasteiger partial charge in [-0.25, -0.2) is 4.39 Å². The molecule has 0 spiro atoms. The highest BCUT2D eigenvalue weighted by Crippen LogP contribution is 2.31. The summed E-state index contributed by atoms with van der Waals surface area (Å²) in [6, 6.07) is 7.72. The molecule has 0 aliphatic heterocycles. The zero-order valence-corrected chi connectivity index (χ0v) is 8.63. The normalized spacial score (nSPS) is 27.4. The van der Waals surface area contributed by atoms with Gasteiger partial charge in [-0.15, -0.1) is 0 Å². The van der Waals surface area contributed by atoms with Crippen LogP contribution in [0.3, 0.4) is 0 Å². The van der Waals surface area contributed by atoms with Gasteiger partial charge in [0.05, 0.1) is 0 Å². The van der Waals surface area contributed by atoms with Crippen LogP contribution in [-0.2, 0) is 0 Å². The fraction of sp³-hybridized carbons (Fsp3) is 0.500. The molecule has 1 fully saturated rings. The third kappa shape index (κ3) is 2.13. The lowest BCUT2D eigenvalue weighted by Crippen LogP contribution is -2.21. The number of rotatable bonds is 3. The van der Waals surface area contributed by atoms with E-state index in [1.807, 2.05) is 12.1 Å². The lowest BCUT2D eigenvalue weighted by Gasteiger charge is -2.13. The molecule has 0 saturated heterocycles. The van der Waals surface area contributed by atoms with Crippen molar-refractivity contribution in [2.24, 2.45) is 5.92 Å². The second-order valence-electron chi connectivity index (χ2n) is 4.26. The fourth-order valence-electron chi connectivity index (χ4n) is 1.72. The predicted molar refractivity (Wildman–Crippen MR) is 55.5 cm³/mol. The molecule has 0 heterocycles. The summed E-state index contributed by atoms with van der Waals surface area (Å²) in [5, 5.41) is 3.52. The van der Waals surface area contributed by atoms with Gasteiger partial charge in [0.1, 0.15) is 5.82 Å². The maximum atomic E-state index is 12.7. The quantitative estimate of drug-likeness (QED) is 0.778. The van der Waals surface area contributed by atoms with Gasteiger partial charge in [-0.1, -0.05) is 19.1 Å². The monoisotopic (exact) mass is 193 g/mol. The molecule has 2 heteroatoms. The number of halogens is 1. The van der Waals surface area contributed by atoms with Crippen LogP contribution in [0, 0.1) is 11.7 Å². The molecule has 3 atom stereocenters. The van der Waals surface area contributed by atoms with Crippen LogP contribution in [0.25, 0.3) is 0 Å². The lowest BCUT2D eigenvalue weighted by molar-refractivity contribution is 0.550. The van der Waals surface area contributed by atoms with E-state index in [1.165, 1.54) is 18.6 Å². The number of benzene rings is 1. The first-order valence-corrected chi connectivity index (χ1v) is 5.18. The van der Waals surface area contributed by atoms with Crippen LogP contribution in [0.5, 0.6) is 0 Å². The SMILES string of the molecule is CC(NC1CC1C)c1ccc(F)cc1. The van der Waals surface area contributed by atoms with Gasteiger partial charge in [0.15, 0.2) is 0 Å². The van der Waals surface area contributed by atoms with Crippen molar-refractivity contribution in [3.63, 3.8) is 0 Å². The molecule has 0 radical (unpaired) electrons. The van der Waals surface area contributed by atoms with Crippen molar-refractivity contribution >= 4 is 0 Å². The third-order valence-corrected chi connectivity index (χ3v) is 2.94. The van der Waals surface area contributed by atoms with Gasteiger partial charge in [-0.3, -0.25) is 0 Å². The summed E-state index contributed by atoms with van der Waals surface area (Å²) in [5.74, 6) is 0.638. The number of hydrogen-bond acceptors (Lipinski definition) is 1. The Labute approximate surface area is 84.3 Å². The molecule has 2 rings (SSSR count). The molecule has 0 bridgehead atoms. The Morgan fingerprint density at radius 3 is 2.43 bits per heavy atom. The summed E-state index contributed by atoms with van der Waals surface area (Å²) >= 11 is 0. The molecule has 0 amide bonds. The van der Waals surface area contributed by atoms with Crippen molar-refractivity contribution in [2.75, 3.05) is 0 Å². The molecule has 1 saturated carbocycles. The summed E-state index contributed by atoms with van der Waals surface area (Å²) < 4.78 is 12.7. The average Bonchev–Trinajstić information content (AvgIpc) is 2.82. The summed E-state index contributed by atoms with van der Waals surface area (Å²) in [4.78, 5) is 0. The molecule has 1 aromatic rings. The van der Waals surface area contributed by atoms with E-state index < -0.39 is 0 Å². The van der Waals surface area contributed by atoms with Crippen LogP contribution in [0.4, 0.5) is 4.39 Å². The van der Waals surface area contributed by atoms with E-state index >= 15 is 0 Å². The molecule has 1 aromatic carbocycles. The van der Waals surface area contributed by atoms with Crippen molar-refractivity contribution in [1.82, 2.24) is 5.32 Å². The Morgan fingerprint density at radius 2 is 1.93 bits per heavy atom. The van der Waals surface area contributed by atoms with Crippen molar-refractivity contribution < 1.29 is 4.39 Å². The van der Waals surface area contributed by atoms with Gasteiger partial charge in [0.25, 0.3) is 0 Å². The lowest BCUT2D eigenvalue weighted by atomic mass is 10.1. The Morgan fingerprint density at radius 1 is 1.36 bits per heavy atom. The molecule has 76 valence electrons. The minimum atomic E-state index is -0.166. The summed E-state index contributed by atoms with van der Waals surface area (Å²) in [7, 11) is 0. The molecule has 14 heavy (non-hydrogen) atoms. The van der Waals surface area contributed by atoms with E-state index in [2.05, 4.69) is 19.2 Å². The van der Waals surface area contributed by atoms with Crippen LogP contribution >= 0.6 is 0 Å². The first kappa shape index (κ1) is 9.66. The Balaban J connectivity index is 1.96. The molecule has 3 unspecified atom stereocenters. The van der Waals surface area contributed by atoms with E-state index in [1.54, 1.807) is 0 Å². The predicted octanol–water partition coefficient (Wildman–Crippen LogP) is 2.88. The van der Waals surface area contributed by atoms with Crippen molar-refractivity contribution in [3.8, 4) is 0 Å². The van der Waals surface area contributed by atoms with E-state index in [-0.39, 0.29) is 5.82 Å². The van der Waals surface area contributed by atoms with Gasteiger partial charge in [-0.05, 0) is 37.0 Å². The van der Waals surface area contributed by atoms with E-state index in [0.717, 1.165) is 11.5 Å². The highest BCUT2D eigenvalue weighted by atomic mass is 19.1. The fourth-order valence-corrected chi connectivity index (χ4v) is 1.72. The van der Waals surface area contributed by atoms with Gasteiger partial charge in [0, 0.05) is 12.1 Å². The molecule has 1 N–H and O–H groups in total. The van der Waals surface area contributed by atoms with Crippen molar-refractivity contribution in [1.29, 1.82) is 0 Å². The average molecular weight is 193 g/mol. The van der Waals surface area contributed by atoms with Crippen LogP contribution in [0.2, 0.25) is 0 Å². The van der Waals surface area contributed by atoms with Crippen LogP contribution in [0.15, 0.2) is 24.3 Å². The van der Waals surface area contributed by atoms with Crippen LogP contribution in [-0.4, -0.2) is 6.04 Å². The smallest absolute Gasteiger partial charge is 0.123 e. The van der Waals surface area contributed by atoms with Gasteiger partial charge in [0.2, 0.25) is 0 Å². The largest absolute Gasteiger partial charge is 0.307 e. The first-order chi connectivity index (χ1) is 6.66. The molecular formula is C12H16FN. The molecule has 1 aliphatic carbocycles. The molecule has 1 aliphatic rings. The molecular weight excluding hydrogens is 177 g/mol. The van der Waals surface area contributed by atoms with Gasteiger partial charge in [-0.2, -0.15) is 0 Å². The summed E-state index contributed by atoms with van der Waals surface area (Å²) in [6.45, 7) is 4.37. The number of hydrogen-bond donors (Lipinski definition) is 1. The molecule has 1 nitrogen and oxygen atoms in total. The highest BCUT2D eigenvalue weighted by Gasteiger charge is 2.33. The summed E-state index contributed by atoms with van der Waals surface area (Å²) in [5.41, 5.74) is 1.16. The van der Waals surface area contributed by atoms with Gasteiger partial charge >= 0.3 is 0 Å². The standard InChI is InChI=1S/C12H16FN/c1-8-7-12(8)14-9(2)10-3-5-11(13)6-4-10/h3-6,8-9,12,14H,7H2,1-2H3. The van der Waals surface area contributed by atoms with E-state index in [9.17, 15) is 4.39 Å². The second kappa shape index (κ2) is 3.70. The van der Waals surface area contributed by atoms with Crippen LogP contribution in [0.1, 0.15) is 31.9 Å². The van der Waals surface area contributed by atoms with E-state index in [0.29, 0.717) is 12.1 Å². The highest BCUT2D eigenvalue weighted by molar-refractivity contribution is 5.19. The third-order valence-electron chi connectivity index (χ3n) is 2.94. The molecule has 0 aromatic heterocycles. The number of nitrogens with one attached hydrogen (secondary N) is 1. The minimum Gasteiger partial charge on any atom is -0.307 e. The van der Waals surface area contributed by atoms with E-state index in [4.69, 9.17) is 0 Å². The van der Waals surface area contributed by atoms with Crippen molar-refractivity contribution in [2.45, 2.75) is 32.4 Å². The van der Waals surface area contributed by atoms with Crippen LogP contribution < -0.4 is 5.32 Å². The Bertz CT molecular complexity index is 307. The zero-order chi connectivity index (χ0) is 10.1. The first-order valence-electron chi connectivity index (χ1n) is 5.18. The Kier molecular flexibility index (Phi) is 2.55. The maximum absolute atomic E-state index is 12.7. The second-order valence-corrected chi connectivity index (χ2v) is 4.26. The minimum absolute atomic E-state index is 0.166. The zero-order valence-electron chi connectivity index (χ0n) is 8.63. The van der Waals surface area contributed by atoms with Crippen molar-refractivity contribution in [3.05, 3.63) is 35.6 Å². The maximum Gasteiger partial charge on any atom is 0.123 e. The summed E-state index contributed by atoms with van der Waals surface area (Å²) in [6.07, 6.45) is 1.27. The Hall–Kier alpha value is -0.890. The topological polar surface area (TPSA) is 12.0 Å².